The van der Waals surface area contributed by atoms with Crippen LogP contribution in [0.5, 0.6) is 0 Å². The third-order valence-electron chi connectivity index (χ3n) is 4.53. The lowest BCUT2D eigenvalue weighted by Crippen LogP contribution is -2.31. The predicted octanol–water partition coefficient (Wildman–Crippen LogP) is 4.42. The zero-order valence-corrected chi connectivity index (χ0v) is 13.1. The SMILES string of the molecule is CC(C)Cc1[nH]ccc1C1CCNC(c2ccccc2)C1. The molecule has 2 N–H and O–H groups in total. The predicted molar refractivity (Wildman–Crippen MR) is 88.5 cm³/mol. The van der Waals surface area contributed by atoms with Gasteiger partial charge in [0.05, 0.1) is 0 Å². The Hall–Kier alpha value is -1.54. The van der Waals surface area contributed by atoms with Crippen LogP contribution in [0.15, 0.2) is 42.6 Å². The molecule has 0 spiro atoms. The summed E-state index contributed by atoms with van der Waals surface area (Å²) < 4.78 is 0. The first-order chi connectivity index (χ1) is 10.2. The van der Waals surface area contributed by atoms with Crippen LogP contribution in [0, 0.1) is 5.92 Å². The summed E-state index contributed by atoms with van der Waals surface area (Å²) in [7, 11) is 0. The lowest BCUT2D eigenvalue weighted by molar-refractivity contribution is 0.368. The smallest absolute Gasteiger partial charge is 0.0326 e. The van der Waals surface area contributed by atoms with Crippen molar-refractivity contribution < 1.29 is 0 Å². The molecule has 1 aliphatic rings. The van der Waals surface area contributed by atoms with E-state index in [0.717, 1.165) is 13.0 Å². The Balaban J connectivity index is 1.76. The minimum Gasteiger partial charge on any atom is -0.365 e. The van der Waals surface area contributed by atoms with E-state index < -0.39 is 0 Å². The second-order valence-electron chi connectivity index (χ2n) is 6.65. The van der Waals surface area contributed by atoms with Gasteiger partial charge in [0.2, 0.25) is 0 Å². The number of benzene rings is 1. The number of aromatic nitrogens is 1. The lowest BCUT2D eigenvalue weighted by atomic mass is 9.83. The molecule has 2 nitrogen and oxygen atoms in total. The van der Waals surface area contributed by atoms with Crippen LogP contribution >= 0.6 is 0 Å². The normalized spacial score (nSPS) is 22.6. The first kappa shape index (κ1) is 14.4. The van der Waals surface area contributed by atoms with Crippen molar-refractivity contribution >= 4 is 0 Å². The van der Waals surface area contributed by atoms with Crippen molar-refractivity contribution in [3.05, 3.63) is 59.4 Å². The molecule has 2 heterocycles. The first-order valence-corrected chi connectivity index (χ1v) is 8.18. The van der Waals surface area contributed by atoms with Crippen LogP contribution in [-0.2, 0) is 6.42 Å². The molecule has 1 aromatic heterocycles. The highest BCUT2D eigenvalue weighted by Crippen LogP contribution is 2.35. The molecule has 0 bridgehead atoms. The maximum atomic E-state index is 3.68. The Morgan fingerprint density at radius 2 is 1.95 bits per heavy atom. The average Bonchev–Trinajstić information content (AvgIpc) is 2.96. The molecular weight excluding hydrogens is 256 g/mol. The quantitative estimate of drug-likeness (QED) is 0.853. The second kappa shape index (κ2) is 6.48. The van der Waals surface area contributed by atoms with Crippen LogP contribution in [0.2, 0.25) is 0 Å². The lowest BCUT2D eigenvalue weighted by Gasteiger charge is -2.31. The number of H-pyrrole nitrogens is 1. The highest BCUT2D eigenvalue weighted by molar-refractivity contribution is 5.28. The van der Waals surface area contributed by atoms with Gasteiger partial charge in [0.15, 0.2) is 0 Å². The Kier molecular flexibility index (Phi) is 4.45. The van der Waals surface area contributed by atoms with E-state index in [4.69, 9.17) is 0 Å². The van der Waals surface area contributed by atoms with Crippen molar-refractivity contribution in [3.8, 4) is 0 Å². The van der Waals surface area contributed by atoms with E-state index >= 15 is 0 Å². The fourth-order valence-electron chi connectivity index (χ4n) is 3.52. The summed E-state index contributed by atoms with van der Waals surface area (Å²) in [4.78, 5) is 3.47. The molecular formula is C19H26N2. The van der Waals surface area contributed by atoms with E-state index in [-0.39, 0.29) is 0 Å². The van der Waals surface area contributed by atoms with Crippen molar-refractivity contribution in [2.45, 2.75) is 45.1 Å². The Morgan fingerprint density at radius 3 is 2.71 bits per heavy atom. The molecule has 1 aromatic carbocycles. The molecule has 2 heteroatoms. The van der Waals surface area contributed by atoms with Gasteiger partial charge in [-0.1, -0.05) is 44.2 Å². The second-order valence-corrected chi connectivity index (χ2v) is 6.65. The zero-order chi connectivity index (χ0) is 14.7. The molecule has 1 aliphatic heterocycles. The van der Waals surface area contributed by atoms with Crippen molar-refractivity contribution in [1.29, 1.82) is 0 Å². The Morgan fingerprint density at radius 1 is 1.14 bits per heavy atom. The number of aromatic amines is 1. The van der Waals surface area contributed by atoms with Crippen LogP contribution in [0.4, 0.5) is 0 Å². The molecule has 3 rings (SSSR count). The number of piperidine rings is 1. The maximum absolute atomic E-state index is 3.68. The number of rotatable bonds is 4. The van der Waals surface area contributed by atoms with E-state index in [1.165, 1.54) is 24.1 Å². The highest BCUT2D eigenvalue weighted by Gasteiger charge is 2.25. The van der Waals surface area contributed by atoms with E-state index in [2.05, 4.69) is 66.7 Å². The highest BCUT2D eigenvalue weighted by atomic mass is 14.9. The standard InChI is InChI=1S/C19H26N2/c1-14(2)12-19-17(9-11-21-19)16-8-10-20-18(13-16)15-6-4-3-5-7-15/h3-7,9,11,14,16,18,20-21H,8,10,12-13H2,1-2H3. The van der Waals surface area contributed by atoms with Crippen LogP contribution in [0.1, 0.15) is 55.5 Å². The van der Waals surface area contributed by atoms with Gasteiger partial charge in [-0.25, -0.2) is 0 Å². The minimum atomic E-state index is 0.492. The summed E-state index contributed by atoms with van der Waals surface area (Å²) in [5.41, 5.74) is 4.41. The third kappa shape index (κ3) is 3.38. The van der Waals surface area contributed by atoms with E-state index in [0.29, 0.717) is 17.9 Å². The Bertz CT molecular complexity index is 556. The van der Waals surface area contributed by atoms with Crippen LogP contribution in [-0.4, -0.2) is 11.5 Å². The van der Waals surface area contributed by atoms with Gasteiger partial charge in [0, 0.05) is 17.9 Å². The van der Waals surface area contributed by atoms with Crippen LogP contribution in [0.25, 0.3) is 0 Å². The summed E-state index contributed by atoms with van der Waals surface area (Å²) in [6.07, 6.45) is 5.72. The maximum Gasteiger partial charge on any atom is 0.0326 e. The van der Waals surface area contributed by atoms with Gasteiger partial charge in [-0.05, 0) is 54.8 Å². The molecule has 21 heavy (non-hydrogen) atoms. The summed E-state index contributed by atoms with van der Waals surface area (Å²) in [6.45, 7) is 5.69. The van der Waals surface area contributed by atoms with Crippen LogP contribution in [0.3, 0.4) is 0 Å². The minimum absolute atomic E-state index is 0.492. The fourth-order valence-corrected chi connectivity index (χ4v) is 3.52. The van der Waals surface area contributed by atoms with Gasteiger partial charge in [0.1, 0.15) is 0 Å². The number of nitrogens with one attached hydrogen (secondary N) is 2. The van der Waals surface area contributed by atoms with Crippen molar-refractivity contribution in [2.75, 3.05) is 6.54 Å². The molecule has 1 saturated heterocycles. The van der Waals surface area contributed by atoms with Gasteiger partial charge in [0.25, 0.3) is 0 Å². The van der Waals surface area contributed by atoms with E-state index in [9.17, 15) is 0 Å². The van der Waals surface area contributed by atoms with E-state index in [1.807, 2.05) is 0 Å². The van der Waals surface area contributed by atoms with Crippen molar-refractivity contribution in [1.82, 2.24) is 10.3 Å². The monoisotopic (exact) mass is 282 g/mol. The molecule has 0 aliphatic carbocycles. The van der Waals surface area contributed by atoms with Gasteiger partial charge in [-0.2, -0.15) is 0 Å². The van der Waals surface area contributed by atoms with Gasteiger partial charge in [-0.3, -0.25) is 0 Å². The number of hydrogen-bond acceptors (Lipinski definition) is 1. The van der Waals surface area contributed by atoms with Gasteiger partial charge >= 0.3 is 0 Å². The van der Waals surface area contributed by atoms with Crippen molar-refractivity contribution in [2.24, 2.45) is 5.92 Å². The molecule has 2 atom stereocenters. The molecule has 0 radical (unpaired) electrons. The zero-order valence-electron chi connectivity index (χ0n) is 13.1. The van der Waals surface area contributed by atoms with Crippen molar-refractivity contribution in [3.63, 3.8) is 0 Å². The summed E-state index contributed by atoms with van der Waals surface area (Å²) in [5, 5.41) is 3.68. The van der Waals surface area contributed by atoms with Gasteiger partial charge < -0.3 is 10.3 Å². The average molecular weight is 282 g/mol. The first-order valence-electron chi connectivity index (χ1n) is 8.18. The summed E-state index contributed by atoms with van der Waals surface area (Å²) in [5.74, 6) is 1.38. The third-order valence-corrected chi connectivity index (χ3v) is 4.53. The molecule has 0 amide bonds. The topological polar surface area (TPSA) is 27.8 Å². The van der Waals surface area contributed by atoms with Gasteiger partial charge in [-0.15, -0.1) is 0 Å². The fraction of sp³-hybridized carbons (Fsp3) is 0.474. The molecule has 112 valence electrons. The largest absolute Gasteiger partial charge is 0.365 e. The Labute approximate surface area is 128 Å². The van der Waals surface area contributed by atoms with E-state index in [1.54, 1.807) is 5.56 Å². The molecule has 2 aromatic rings. The summed E-state index contributed by atoms with van der Waals surface area (Å²) in [6, 6.07) is 13.7. The number of hydrogen-bond donors (Lipinski definition) is 2. The summed E-state index contributed by atoms with van der Waals surface area (Å²) >= 11 is 0. The molecule has 2 unspecified atom stereocenters. The van der Waals surface area contributed by atoms with Crippen LogP contribution < -0.4 is 5.32 Å². The molecule has 0 saturated carbocycles. The molecule has 1 fully saturated rings.